The Kier molecular flexibility index (Phi) is 11.8. The van der Waals surface area contributed by atoms with Crippen molar-refractivity contribution in [3.63, 3.8) is 0 Å². The third kappa shape index (κ3) is 7.68. The van der Waals surface area contributed by atoms with E-state index in [1.807, 2.05) is 63.3 Å². The number of anilines is 1. The van der Waals surface area contributed by atoms with Gasteiger partial charge in [-0.1, -0.05) is 179 Å². The van der Waals surface area contributed by atoms with Gasteiger partial charge in [-0.2, -0.15) is 0 Å². The summed E-state index contributed by atoms with van der Waals surface area (Å²) in [6.07, 6.45) is 0.910. The number of benzene rings is 7. The van der Waals surface area contributed by atoms with Crippen LogP contribution in [0.4, 0.5) is 5.69 Å². The molecule has 0 atom stereocenters. The molecular formula is C46H45NS. The second-order valence-corrected chi connectivity index (χ2v) is 12.3. The van der Waals surface area contributed by atoms with Gasteiger partial charge in [0, 0.05) is 25.9 Å². The summed E-state index contributed by atoms with van der Waals surface area (Å²) in [7, 11) is 0. The normalized spacial score (nSPS) is 10.4. The van der Waals surface area contributed by atoms with Crippen LogP contribution >= 0.6 is 11.3 Å². The first-order chi connectivity index (χ1) is 23.6. The van der Waals surface area contributed by atoms with E-state index >= 15 is 0 Å². The van der Waals surface area contributed by atoms with Gasteiger partial charge in [0.2, 0.25) is 0 Å². The van der Waals surface area contributed by atoms with E-state index in [1.54, 1.807) is 0 Å². The fourth-order valence-corrected chi connectivity index (χ4v) is 7.33. The Labute approximate surface area is 290 Å². The number of nitrogen functional groups attached to an aromatic ring is 1. The predicted octanol–water partition coefficient (Wildman–Crippen LogP) is 13.8. The van der Waals surface area contributed by atoms with E-state index in [1.165, 1.54) is 69.9 Å². The van der Waals surface area contributed by atoms with Crippen molar-refractivity contribution in [3.8, 4) is 22.3 Å². The number of para-hydroxylation sites is 1. The molecule has 2 N–H and O–H groups in total. The van der Waals surface area contributed by atoms with Gasteiger partial charge < -0.3 is 5.73 Å². The van der Waals surface area contributed by atoms with Crippen molar-refractivity contribution in [2.75, 3.05) is 5.73 Å². The van der Waals surface area contributed by atoms with Crippen molar-refractivity contribution < 1.29 is 0 Å². The summed E-state index contributed by atoms with van der Waals surface area (Å²) in [5, 5.41) is 5.35. The first-order valence-electron chi connectivity index (χ1n) is 17.0. The summed E-state index contributed by atoms with van der Waals surface area (Å²) in [4.78, 5) is 0. The lowest BCUT2D eigenvalue weighted by molar-refractivity contribution is 1.20. The van der Waals surface area contributed by atoms with Crippen molar-refractivity contribution in [2.24, 2.45) is 0 Å². The zero-order valence-corrected chi connectivity index (χ0v) is 29.5. The van der Waals surface area contributed by atoms with Crippen LogP contribution in [0.25, 0.3) is 53.2 Å². The Morgan fingerprint density at radius 1 is 0.479 bits per heavy atom. The molecule has 0 aliphatic carbocycles. The molecule has 0 fully saturated rings. The SMILES string of the molecule is CC.CC.Cc1cccc(-c2cccc(-c3cccc4c3sc3c5ccccc5ccc43)c2)c1.Nc1ccccc1Cc1ccccc1. The molecule has 0 bridgehead atoms. The highest BCUT2D eigenvalue weighted by Gasteiger charge is 2.13. The molecular weight excluding hydrogens is 599 g/mol. The highest BCUT2D eigenvalue weighted by Crippen LogP contribution is 2.43. The standard InChI is InChI=1S/C29H20S.C13H13N.2C2H6/c1-19-7-4-9-21(17-19)22-10-5-11-23(18-22)25-13-6-14-26-27-16-15-20-8-2-3-12-24(20)28(27)30-29(25)26;14-13-9-5-4-8-12(13)10-11-6-2-1-3-7-11;2*1-2/h2-18H,1H3;1-9H,10,14H2;2*1-2H3. The summed E-state index contributed by atoms with van der Waals surface area (Å²) < 4.78 is 2.75. The Hall–Kier alpha value is -5.18. The number of rotatable bonds is 4. The van der Waals surface area contributed by atoms with Crippen LogP contribution in [0.1, 0.15) is 44.4 Å². The van der Waals surface area contributed by atoms with Crippen LogP contribution < -0.4 is 5.73 Å². The number of aryl methyl sites for hydroxylation is 1. The van der Waals surface area contributed by atoms with Gasteiger partial charge in [-0.05, 0) is 69.6 Å². The van der Waals surface area contributed by atoms with Crippen molar-refractivity contribution in [3.05, 3.63) is 174 Å². The molecule has 0 spiro atoms. The van der Waals surface area contributed by atoms with E-state index in [-0.39, 0.29) is 0 Å². The third-order valence-electron chi connectivity index (χ3n) is 8.21. The second kappa shape index (κ2) is 16.6. The molecule has 8 aromatic rings. The molecule has 8 rings (SSSR count). The van der Waals surface area contributed by atoms with Crippen LogP contribution in [0.2, 0.25) is 0 Å². The average molecular weight is 644 g/mol. The van der Waals surface area contributed by atoms with Crippen LogP contribution in [-0.2, 0) is 6.42 Å². The first kappa shape index (κ1) is 34.2. The molecule has 0 aliphatic rings. The lowest BCUT2D eigenvalue weighted by Gasteiger charge is -2.08. The topological polar surface area (TPSA) is 26.0 Å². The van der Waals surface area contributed by atoms with Crippen LogP contribution in [0, 0.1) is 6.92 Å². The Morgan fingerprint density at radius 2 is 1.08 bits per heavy atom. The molecule has 1 nitrogen and oxygen atoms in total. The van der Waals surface area contributed by atoms with Crippen molar-refractivity contribution in [1.82, 2.24) is 0 Å². The fraction of sp³-hybridized carbons (Fsp3) is 0.130. The van der Waals surface area contributed by atoms with Gasteiger partial charge in [0.15, 0.2) is 0 Å². The van der Waals surface area contributed by atoms with Crippen molar-refractivity contribution in [2.45, 2.75) is 41.0 Å². The highest BCUT2D eigenvalue weighted by atomic mass is 32.1. The monoisotopic (exact) mass is 643 g/mol. The molecule has 48 heavy (non-hydrogen) atoms. The largest absolute Gasteiger partial charge is 0.398 e. The minimum atomic E-state index is 0.872. The molecule has 0 amide bonds. The van der Waals surface area contributed by atoms with Crippen LogP contribution in [-0.4, -0.2) is 0 Å². The van der Waals surface area contributed by atoms with Gasteiger partial charge in [0.25, 0.3) is 0 Å². The highest BCUT2D eigenvalue weighted by molar-refractivity contribution is 7.27. The molecule has 0 radical (unpaired) electrons. The molecule has 0 unspecified atom stereocenters. The maximum atomic E-state index is 5.87. The molecule has 2 heteroatoms. The van der Waals surface area contributed by atoms with E-state index in [4.69, 9.17) is 5.73 Å². The maximum Gasteiger partial charge on any atom is 0.0434 e. The molecule has 240 valence electrons. The lowest BCUT2D eigenvalue weighted by atomic mass is 9.97. The number of thiophene rings is 1. The molecule has 1 aromatic heterocycles. The van der Waals surface area contributed by atoms with Gasteiger partial charge in [-0.15, -0.1) is 11.3 Å². The van der Waals surface area contributed by atoms with Gasteiger partial charge in [-0.25, -0.2) is 0 Å². The van der Waals surface area contributed by atoms with Crippen LogP contribution in [0.5, 0.6) is 0 Å². The van der Waals surface area contributed by atoms with Crippen LogP contribution in [0.15, 0.2) is 158 Å². The Bertz CT molecular complexity index is 2230. The fourth-order valence-electron chi connectivity index (χ4n) is 5.96. The summed E-state index contributed by atoms with van der Waals surface area (Å²) in [6.45, 7) is 10.1. The summed E-state index contributed by atoms with van der Waals surface area (Å²) in [5.41, 5.74) is 15.6. The number of fused-ring (bicyclic) bond motifs is 5. The second-order valence-electron chi connectivity index (χ2n) is 11.3. The molecule has 7 aromatic carbocycles. The summed E-state index contributed by atoms with van der Waals surface area (Å²) in [6, 6.07) is 56.0. The van der Waals surface area contributed by atoms with Gasteiger partial charge >= 0.3 is 0 Å². The maximum absolute atomic E-state index is 5.87. The smallest absolute Gasteiger partial charge is 0.0434 e. The zero-order valence-electron chi connectivity index (χ0n) is 28.7. The average Bonchev–Trinajstić information content (AvgIpc) is 3.55. The minimum Gasteiger partial charge on any atom is -0.398 e. The van der Waals surface area contributed by atoms with Crippen LogP contribution in [0.3, 0.4) is 0 Å². The van der Waals surface area contributed by atoms with Gasteiger partial charge in [0.05, 0.1) is 0 Å². The van der Waals surface area contributed by atoms with E-state index in [2.05, 4.69) is 140 Å². The van der Waals surface area contributed by atoms with E-state index in [0.717, 1.165) is 12.1 Å². The quantitative estimate of drug-likeness (QED) is 0.190. The zero-order chi connectivity index (χ0) is 33.9. The first-order valence-corrected chi connectivity index (χ1v) is 17.8. The third-order valence-corrected chi connectivity index (χ3v) is 9.49. The minimum absolute atomic E-state index is 0.872. The number of hydrogen-bond acceptors (Lipinski definition) is 2. The lowest BCUT2D eigenvalue weighted by Crippen LogP contribution is -1.94. The molecule has 0 saturated heterocycles. The predicted molar refractivity (Wildman–Crippen MR) is 215 cm³/mol. The number of hydrogen-bond donors (Lipinski definition) is 1. The van der Waals surface area contributed by atoms with Gasteiger partial charge in [-0.3, -0.25) is 0 Å². The van der Waals surface area contributed by atoms with E-state index in [9.17, 15) is 0 Å². The van der Waals surface area contributed by atoms with Crippen molar-refractivity contribution >= 4 is 48.0 Å². The molecule has 1 heterocycles. The molecule has 0 saturated carbocycles. The summed E-state index contributed by atoms with van der Waals surface area (Å²) >= 11 is 1.92. The summed E-state index contributed by atoms with van der Waals surface area (Å²) in [5.74, 6) is 0. The Balaban J connectivity index is 0.000000211. The number of nitrogens with two attached hydrogens (primary N) is 1. The van der Waals surface area contributed by atoms with E-state index in [0.29, 0.717) is 0 Å². The van der Waals surface area contributed by atoms with Crippen molar-refractivity contribution in [1.29, 1.82) is 0 Å². The molecule has 0 aliphatic heterocycles. The van der Waals surface area contributed by atoms with E-state index < -0.39 is 0 Å². The van der Waals surface area contributed by atoms with Gasteiger partial charge in [0.1, 0.15) is 0 Å². The Morgan fingerprint density at radius 3 is 1.85 bits per heavy atom.